The number of aromatic hydroxyl groups is 1. The molecule has 2 aromatic carbocycles. The number of nitrogens with one attached hydrogen (secondary N) is 1. The number of para-hydroxylation sites is 1. The lowest BCUT2D eigenvalue weighted by molar-refractivity contribution is 0.0946. The summed E-state index contributed by atoms with van der Waals surface area (Å²) < 4.78 is 1.61. The van der Waals surface area contributed by atoms with Crippen LogP contribution in [0.2, 0.25) is 5.02 Å². The molecule has 2 N–H and O–H groups in total. The van der Waals surface area contributed by atoms with Crippen molar-refractivity contribution < 1.29 is 9.90 Å². The molecule has 4 rings (SSSR count). The zero-order valence-electron chi connectivity index (χ0n) is 14.1. The van der Waals surface area contributed by atoms with Gasteiger partial charge in [0.2, 0.25) is 0 Å². The molecule has 1 aromatic heterocycles. The van der Waals surface area contributed by atoms with Crippen molar-refractivity contribution in [2.45, 2.75) is 25.9 Å². The van der Waals surface area contributed by atoms with Crippen molar-refractivity contribution >= 4 is 28.4 Å². The van der Waals surface area contributed by atoms with E-state index >= 15 is 0 Å². The summed E-state index contributed by atoms with van der Waals surface area (Å²) in [5.41, 5.74) is 1.76. The van der Waals surface area contributed by atoms with Crippen molar-refractivity contribution in [3.8, 4) is 5.75 Å². The van der Waals surface area contributed by atoms with Gasteiger partial charge in [0.05, 0.1) is 5.52 Å². The van der Waals surface area contributed by atoms with Crippen LogP contribution in [0.15, 0.2) is 47.3 Å². The number of carbonyl (C=O) groups is 1. The molecule has 0 saturated heterocycles. The van der Waals surface area contributed by atoms with E-state index in [1.54, 1.807) is 28.8 Å². The Morgan fingerprint density at radius 2 is 2.04 bits per heavy atom. The van der Waals surface area contributed by atoms with Gasteiger partial charge in [-0.15, -0.1) is 0 Å². The summed E-state index contributed by atoms with van der Waals surface area (Å²) in [6.45, 7) is 2.11. The van der Waals surface area contributed by atoms with Gasteiger partial charge in [-0.1, -0.05) is 41.9 Å². The van der Waals surface area contributed by atoms with E-state index < -0.39 is 11.5 Å². The van der Waals surface area contributed by atoms with Gasteiger partial charge >= 0.3 is 0 Å². The van der Waals surface area contributed by atoms with Crippen LogP contribution in [-0.4, -0.2) is 15.6 Å². The maximum Gasteiger partial charge on any atom is 0.267 e. The van der Waals surface area contributed by atoms with Gasteiger partial charge in [-0.05, 0) is 36.6 Å². The van der Waals surface area contributed by atoms with Crippen LogP contribution in [0.4, 0.5) is 0 Å². The maximum absolute atomic E-state index is 12.9. The summed E-state index contributed by atoms with van der Waals surface area (Å²) in [6.07, 6.45) is 0.705. The lowest BCUT2D eigenvalue weighted by Gasteiger charge is -2.14. The van der Waals surface area contributed by atoms with E-state index in [1.165, 1.54) is 0 Å². The van der Waals surface area contributed by atoms with Gasteiger partial charge < -0.3 is 15.0 Å². The summed E-state index contributed by atoms with van der Waals surface area (Å²) in [5.74, 6) is -0.878. The van der Waals surface area contributed by atoms with Crippen LogP contribution in [0.1, 0.15) is 34.5 Å². The van der Waals surface area contributed by atoms with Crippen molar-refractivity contribution in [2.24, 2.45) is 0 Å². The number of rotatable bonds is 3. The molecule has 1 atom stereocenters. The Balaban J connectivity index is 1.77. The molecule has 26 heavy (non-hydrogen) atoms. The van der Waals surface area contributed by atoms with Crippen LogP contribution >= 0.6 is 11.6 Å². The van der Waals surface area contributed by atoms with Crippen molar-refractivity contribution in [3.05, 3.63) is 74.5 Å². The fourth-order valence-corrected chi connectivity index (χ4v) is 3.83. The van der Waals surface area contributed by atoms with E-state index in [4.69, 9.17) is 11.6 Å². The number of hydrogen-bond acceptors (Lipinski definition) is 3. The molecule has 2 heterocycles. The fourth-order valence-electron chi connectivity index (χ4n) is 3.63. The van der Waals surface area contributed by atoms with E-state index in [0.29, 0.717) is 22.3 Å². The normalized spacial score (nSPS) is 15.4. The molecule has 0 spiro atoms. The van der Waals surface area contributed by atoms with E-state index in [1.807, 2.05) is 25.1 Å². The molecule has 0 bridgehead atoms. The van der Waals surface area contributed by atoms with Gasteiger partial charge in [0, 0.05) is 23.0 Å². The summed E-state index contributed by atoms with van der Waals surface area (Å²) in [5, 5.41) is 14.4. The van der Waals surface area contributed by atoms with E-state index in [-0.39, 0.29) is 23.9 Å². The SMILES string of the molecule is C[C@H]1Cc2cccc3c(O)c(C(=O)NCc4ccccc4Cl)c(=O)n1c23. The van der Waals surface area contributed by atoms with Gasteiger partial charge in [0.15, 0.2) is 0 Å². The van der Waals surface area contributed by atoms with Crippen LogP contribution in [-0.2, 0) is 13.0 Å². The van der Waals surface area contributed by atoms with Crippen LogP contribution in [0.25, 0.3) is 10.9 Å². The van der Waals surface area contributed by atoms with Crippen molar-refractivity contribution in [1.29, 1.82) is 0 Å². The topological polar surface area (TPSA) is 71.3 Å². The van der Waals surface area contributed by atoms with Gasteiger partial charge in [0.25, 0.3) is 11.5 Å². The minimum absolute atomic E-state index is 0.0573. The Labute approximate surface area is 154 Å². The highest BCUT2D eigenvalue weighted by molar-refractivity contribution is 6.31. The van der Waals surface area contributed by atoms with Crippen LogP contribution in [0.5, 0.6) is 5.75 Å². The molecular formula is C20H17ClN2O3. The number of pyridine rings is 1. The summed E-state index contributed by atoms with van der Waals surface area (Å²) in [4.78, 5) is 25.6. The molecule has 0 aliphatic carbocycles. The van der Waals surface area contributed by atoms with Gasteiger partial charge in [0.1, 0.15) is 11.3 Å². The predicted octanol–water partition coefficient (Wildman–Crippen LogP) is 3.41. The number of aromatic nitrogens is 1. The highest BCUT2D eigenvalue weighted by Gasteiger charge is 2.29. The Morgan fingerprint density at radius 3 is 2.81 bits per heavy atom. The molecule has 0 saturated carbocycles. The molecule has 1 aliphatic rings. The third kappa shape index (κ3) is 2.47. The van der Waals surface area contributed by atoms with Crippen LogP contribution in [0, 0.1) is 0 Å². The molecule has 1 aliphatic heterocycles. The Morgan fingerprint density at radius 1 is 1.27 bits per heavy atom. The molecule has 6 heteroatoms. The largest absolute Gasteiger partial charge is 0.506 e. The first-order valence-corrected chi connectivity index (χ1v) is 8.77. The maximum atomic E-state index is 12.9. The minimum atomic E-state index is -0.609. The average molecular weight is 369 g/mol. The number of nitrogens with zero attached hydrogens (tertiary/aromatic N) is 1. The number of hydrogen-bond donors (Lipinski definition) is 2. The van der Waals surface area contributed by atoms with Crippen molar-refractivity contribution in [2.75, 3.05) is 0 Å². The Bertz CT molecular complexity index is 1100. The van der Waals surface area contributed by atoms with Crippen molar-refractivity contribution in [3.63, 3.8) is 0 Å². The highest BCUT2D eigenvalue weighted by Crippen LogP contribution is 2.35. The van der Waals surface area contributed by atoms with Crippen LogP contribution in [0.3, 0.4) is 0 Å². The Kier molecular flexibility index (Phi) is 3.96. The smallest absolute Gasteiger partial charge is 0.267 e. The highest BCUT2D eigenvalue weighted by atomic mass is 35.5. The molecule has 0 unspecified atom stereocenters. The summed E-state index contributed by atoms with van der Waals surface area (Å²) in [7, 11) is 0. The van der Waals surface area contributed by atoms with E-state index in [0.717, 1.165) is 11.1 Å². The number of halogens is 1. The summed E-state index contributed by atoms with van der Waals surface area (Å²) in [6, 6.07) is 12.6. The molecular weight excluding hydrogens is 352 g/mol. The first-order valence-electron chi connectivity index (χ1n) is 8.39. The van der Waals surface area contributed by atoms with Gasteiger partial charge in [-0.3, -0.25) is 9.59 Å². The lowest BCUT2D eigenvalue weighted by Crippen LogP contribution is -2.33. The van der Waals surface area contributed by atoms with Crippen LogP contribution < -0.4 is 10.9 Å². The average Bonchev–Trinajstić information content (AvgIpc) is 2.96. The van der Waals surface area contributed by atoms with Gasteiger partial charge in [-0.2, -0.15) is 0 Å². The number of amides is 1. The molecule has 0 radical (unpaired) electrons. The molecule has 5 nitrogen and oxygen atoms in total. The van der Waals surface area contributed by atoms with Crippen molar-refractivity contribution in [1.82, 2.24) is 9.88 Å². The number of benzene rings is 2. The van der Waals surface area contributed by atoms with E-state index in [9.17, 15) is 14.7 Å². The zero-order chi connectivity index (χ0) is 18.4. The first-order chi connectivity index (χ1) is 12.5. The quantitative estimate of drug-likeness (QED) is 0.744. The third-order valence-electron chi connectivity index (χ3n) is 4.87. The second kappa shape index (κ2) is 6.18. The lowest BCUT2D eigenvalue weighted by atomic mass is 10.1. The van der Waals surface area contributed by atoms with E-state index in [2.05, 4.69) is 5.32 Å². The minimum Gasteiger partial charge on any atom is -0.506 e. The second-order valence-electron chi connectivity index (χ2n) is 6.54. The zero-order valence-corrected chi connectivity index (χ0v) is 14.9. The fraction of sp³-hybridized carbons (Fsp3) is 0.200. The number of carbonyl (C=O) groups excluding carboxylic acids is 1. The predicted molar refractivity (Wildman–Crippen MR) is 101 cm³/mol. The molecule has 0 fully saturated rings. The monoisotopic (exact) mass is 368 g/mol. The second-order valence-corrected chi connectivity index (χ2v) is 6.95. The Hall–Kier alpha value is -2.79. The molecule has 132 valence electrons. The molecule has 1 amide bonds. The van der Waals surface area contributed by atoms with Gasteiger partial charge in [-0.25, -0.2) is 0 Å². The standard InChI is InChI=1S/C20H17ClN2O3/c1-11-9-12-6-4-7-14-17(12)23(11)20(26)16(18(14)24)19(25)22-10-13-5-2-3-8-15(13)21/h2-8,11,24H,9-10H2,1H3,(H,22,25)/t11-/m0/s1. The summed E-state index contributed by atoms with van der Waals surface area (Å²) >= 11 is 6.10. The molecule has 3 aromatic rings. The first kappa shape index (κ1) is 16.7. The third-order valence-corrected chi connectivity index (χ3v) is 5.23.